The molecule has 39 heavy (non-hydrogen) atoms. The van der Waals surface area contributed by atoms with Gasteiger partial charge in [0.1, 0.15) is 0 Å². The van der Waals surface area contributed by atoms with Gasteiger partial charge < -0.3 is 25.3 Å². The number of aromatic amines is 1. The Bertz CT molecular complexity index is 1620. The molecule has 0 unspecified atom stereocenters. The first kappa shape index (κ1) is 24.2. The fourth-order valence-corrected chi connectivity index (χ4v) is 5.17. The van der Waals surface area contributed by atoms with E-state index in [9.17, 15) is 14.4 Å². The monoisotopic (exact) mass is 518 g/mol. The van der Waals surface area contributed by atoms with Crippen LogP contribution in [0, 0.1) is 0 Å². The molecule has 6 rings (SSSR count). The summed E-state index contributed by atoms with van der Waals surface area (Å²) in [6.45, 7) is 0.628. The lowest BCUT2D eigenvalue weighted by molar-refractivity contribution is -0.118. The van der Waals surface area contributed by atoms with Crippen LogP contribution in [0.4, 0.5) is 17.1 Å². The highest BCUT2D eigenvalue weighted by atomic mass is 16.5. The van der Waals surface area contributed by atoms with E-state index in [0.717, 1.165) is 34.6 Å². The third kappa shape index (κ3) is 4.57. The lowest BCUT2D eigenvalue weighted by Gasteiger charge is -2.18. The SMILES string of the molecule is COC(=O)c1ccc2c(c1)NC(=O)/C2=C(\Nc1ccc2c(c1)CCN2C(=O)Cc1ccc[nH]1)c1ccccc1. The lowest BCUT2D eigenvalue weighted by Crippen LogP contribution is -2.30. The van der Waals surface area contributed by atoms with E-state index < -0.39 is 5.97 Å². The van der Waals surface area contributed by atoms with Crippen molar-refractivity contribution in [1.82, 2.24) is 4.98 Å². The Morgan fingerprint density at radius 2 is 1.82 bits per heavy atom. The van der Waals surface area contributed by atoms with Crippen LogP contribution in [-0.2, 0) is 27.2 Å². The third-order valence-corrected chi connectivity index (χ3v) is 7.05. The van der Waals surface area contributed by atoms with E-state index in [0.29, 0.717) is 41.1 Å². The van der Waals surface area contributed by atoms with Crippen LogP contribution in [0.2, 0.25) is 0 Å². The fraction of sp³-hybridized carbons (Fsp3) is 0.129. The number of rotatable bonds is 6. The molecule has 0 saturated carbocycles. The van der Waals surface area contributed by atoms with E-state index in [4.69, 9.17) is 4.74 Å². The zero-order valence-corrected chi connectivity index (χ0v) is 21.3. The number of aromatic nitrogens is 1. The minimum absolute atomic E-state index is 0.0505. The predicted molar refractivity (Wildman–Crippen MR) is 150 cm³/mol. The van der Waals surface area contributed by atoms with Gasteiger partial charge in [-0.3, -0.25) is 9.59 Å². The van der Waals surface area contributed by atoms with Gasteiger partial charge in [0.05, 0.1) is 36.1 Å². The van der Waals surface area contributed by atoms with Crippen LogP contribution >= 0.6 is 0 Å². The Labute approximate surface area is 225 Å². The molecule has 3 heterocycles. The van der Waals surface area contributed by atoms with Crippen molar-refractivity contribution in [2.24, 2.45) is 0 Å². The van der Waals surface area contributed by atoms with Crippen molar-refractivity contribution in [3.05, 3.63) is 113 Å². The van der Waals surface area contributed by atoms with Gasteiger partial charge in [-0.1, -0.05) is 36.4 Å². The molecule has 194 valence electrons. The van der Waals surface area contributed by atoms with Crippen LogP contribution in [0.1, 0.15) is 32.7 Å². The predicted octanol–water partition coefficient (Wildman–Crippen LogP) is 4.87. The van der Waals surface area contributed by atoms with Crippen molar-refractivity contribution < 1.29 is 19.1 Å². The van der Waals surface area contributed by atoms with Crippen LogP contribution < -0.4 is 15.5 Å². The Morgan fingerprint density at radius 1 is 0.974 bits per heavy atom. The van der Waals surface area contributed by atoms with E-state index in [1.165, 1.54) is 7.11 Å². The molecular formula is C31H26N4O4. The zero-order valence-electron chi connectivity index (χ0n) is 21.3. The van der Waals surface area contributed by atoms with Gasteiger partial charge in [-0.05, 0) is 60.0 Å². The summed E-state index contributed by atoms with van der Waals surface area (Å²) < 4.78 is 4.83. The van der Waals surface area contributed by atoms with Crippen molar-refractivity contribution in [1.29, 1.82) is 0 Å². The minimum Gasteiger partial charge on any atom is -0.465 e. The average molecular weight is 519 g/mol. The molecule has 0 atom stereocenters. The number of hydrogen-bond donors (Lipinski definition) is 3. The first-order valence-electron chi connectivity index (χ1n) is 12.7. The van der Waals surface area contributed by atoms with Crippen molar-refractivity contribution in [3.8, 4) is 0 Å². The van der Waals surface area contributed by atoms with Crippen molar-refractivity contribution in [3.63, 3.8) is 0 Å². The average Bonchev–Trinajstić information content (AvgIpc) is 3.69. The van der Waals surface area contributed by atoms with Gasteiger partial charge in [0.2, 0.25) is 5.91 Å². The molecule has 2 amide bonds. The Kier molecular flexibility index (Phi) is 6.20. The molecule has 0 spiro atoms. The molecule has 0 saturated heterocycles. The molecular weight excluding hydrogens is 492 g/mol. The van der Waals surface area contributed by atoms with Gasteiger partial charge in [0.25, 0.3) is 5.91 Å². The maximum atomic E-state index is 13.3. The van der Waals surface area contributed by atoms with Crippen LogP contribution in [0.15, 0.2) is 85.1 Å². The topological polar surface area (TPSA) is 104 Å². The van der Waals surface area contributed by atoms with E-state index in [-0.39, 0.29) is 11.8 Å². The summed E-state index contributed by atoms with van der Waals surface area (Å²) in [5.41, 5.74) is 7.26. The number of H-pyrrole nitrogens is 1. The van der Waals surface area contributed by atoms with E-state index in [1.807, 2.05) is 71.8 Å². The molecule has 0 bridgehead atoms. The normalized spacial score (nSPS) is 14.9. The summed E-state index contributed by atoms with van der Waals surface area (Å²) in [5.74, 6) is -0.681. The Hall–Kier alpha value is -5.11. The molecule has 1 aromatic heterocycles. The van der Waals surface area contributed by atoms with Gasteiger partial charge >= 0.3 is 5.97 Å². The summed E-state index contributed by atoms with van der Waals surface area (Å²) >= 11 is 0. The third-order valence-electron chi connectivity index (χ3n) is 7.05. The second kappa shape index (κ2) is 9.98. The highest BCUT2D eigenvalue weighted by Gasteiger charge is 2.30. The quantitative estimate of drug-likeness (QED) is 0.250. The van der Waals surface area contributed by atoms with E-state index >= 15 is 0 Å². The van der Waals surface area contributed by atoms with Crippen molar-refractivity contribution in [2.45, 2.75) is 12.8 Å². The van der Waals surface area contributed by atoms with Crippen LogP contribution in [0.5, 0.6) is 0 Å². The number of anilines is 3. The smallest absolute Gasteiger partial charge is 0.337 e. The van der Waals surface area contributed by atoms with E-state index in [1.54, 1.807) is 18.2 Å². The fourth-order valence-electron chi connectivity index (χ4n) is 5.17. The summed E-state index contributed by atoms with van der Waals surface area (Å²) in [5, 5.41) is 6.38. The number of fused-ring (bicyclic) bond motifs is 2. The second-order valence-electron chi connectivity index (χ2n) is 9.46. The van der Waals surface area contributed by atoms with Gasteiger partial charge in [-0.25, -0.2) is 4.79 Å². The first-order valence-corrected chi connectivity index (χ1v) is 12.7. The first-order chi connectivity index (χ1) is 19.0. The van der Waals surface area contributed by atoms with Gasteiger partial charge in [-0.2, -0.15) is 0 Å². The maximum absolute atomic E-state index is 13.3. The summed E-state index contributed by atoms with van der Waals surface area (Å²) in [4.78, 5) is 43.1. The Morgan fingerprint density at radius 3 is 2.59 bits per heavy atom. The van der Waals surface area contributed by atoms with Crippen LogP contribution in [0.3, 0.4) is 0 Å². The minimum atomic E-state index is -0.468. The number of nitrogens with zero attached hydrogens (tertiary/aromatic N) is 1. The molecule has 3 aromatic carbocycles. The molecule has 2 aliphatic heterocycles. The number of hydrogen-bond acceptors (Lipinski definition) is 5. The number of carbonyl (C=O) groups is 3. The zero-order chi connectivity index (χ0) is 26.9. The van der Waals surface area contributed by atoms with Crippen molar-refractivity contribution in [2.75, 3.05) is 29.2 Å². The molecule has 3 N–H and O–H groups in total. The standard InChI is InChI=1S/C31H26N4O4/c1-39-31(38)21-9-11-24-25(17-21)34-30(37)28(24)29(19-6-3-2-4-7-19)33-23-10-12-26-20(16-23)13-15-35(26)27(36)18-22-8-5-14-32-22/h2-12,14,16-17,32-33H,13,15,18H2,1H3,(H,34,37)/b29-28-. The number of amides is 2. The number of methoxy groups -OCH3 is 1. The summed E-state index contributed by atoms with van der Waals surface area (Å²) in [7, 11) is 1.32. The van der Waals surface area contributed by atoms with Crippen molar-refractivity contribution >= 4 is 46.1 Å². The highest BCUT2D eigenvalue weighted by molar-refractivity contribution is 6.37. The van der Waals surface area contributed by atoms with Crippen LogP contribution in [0.25, 0.3) is 11.3 Å². The summed E-state index contributed by atoms with van der Waals surface area (Å²) in [6, 6.07) is 24.4. The Balaban J connectivity index is 1.35. The number of nitrogens with one attached hydrogen (secondary N) is 3. The largest absolute Gasteiger partial charge is 0.465 e. The summed E-state index contributed by atoms with van der Waals surface area (Å²) in [6.07, 6.45) is 2.89. The molecule has 2 aliphatic rings. The molecule has 8 nitrogen and oxygen atoms in total. The van der Waals surface area contributed by atoms with Gasteiger partial charge in [-0.15, -0.1) is 0 Å². The molecule has 0 fully saturated rings. The molecule has 0 aliphatic carbocycles. The van der Waals surface area contributed by atoms with Gasteiger partial charge in [0.15, 0.2) is 0 Å². The molecule has 0 radical (unpaired) electrons. The highest BCUT2D eigenvalue weighted by Crippen LogP contribution is 2.39. The number of ether oxygens (including phenoxy) is 1. The maximum Gasteiger partial charge on any atom is 0.337 e. The molecule has 4 aromatic rings. The van der Waals surface area contributed by atoms with E-state index in [2.05, 4.69) is 15.6 Å². The van der Waals surface area contributed by atoms with Gasteiger partial charge in [0, 0.05) is 35.4 Å². The number of benzene rings is 3. The number of carbonyl (C=O) groups excluding carboxylic acids is 3. The lowest BCUT2D eigenvalue weighted by atomic mass is 9.99. The van der Waals surface area contributed by atoms with Crippen LogP contribution in [-0.4, -0.2) is 36.4 Å². The number of esters is 1. The second-order valence-corrected chi connectivity index (χ2v) is 9.46. The molecule has 8 heteroatoms.